The van der Waals surface area contributed by atoms with Crippen molar-refractivity contribution in [2.75, 3.05) is 13.1 Å². The van der Waals surface area contributed by atoms with E-state index in [0.29, 0.717) is 17.7 Å². The minimum atomic E-state index is -0.341. The van der Waals surface area contributed by atoms with Gasteiger partial charge >= 0.3 is 5.63 Å². The Hall–Kier alpha value is -2.59. The van der Waals surface area contributed by atoms with Gasteiger partial charge in [0.05, 0.1) is 0 Å². The van der Waals surface area contributed by atoms with Gasteiger partial charge in [-0.2, -0.15) is 0 Å². The fourth-order valence-corrected chi connectivity index (χ4v) is 3.78. The van der Waals surface area contributed by atoms with Crippen LogP contribution >= 0.6 is 0 Å². The van der Waals surface area contributed by atoms with Crippen LogP contribution in [0.2, 0.25) is 0 Å². The molecule has 134 valence electrons. The van der Waals surface area contributed by atoms with E-state index >= 15 is 0 Å². The monoisotopic (exact) mass is 349 g/mol. The lowest BCUT2D eigenvalue weighted by Gasteiger charge is -2.20. The van der Waals surface area contributed by atoms with E-state index in [-0.39, 0.29) is 11.4 Å². The molecule has 0 atom stereocenters. The van der Waals surface area contributed by atoms with E-state index in [1.807, 2.05) is 30.3 Å². The minimum absolute atomic E-state index is 0.203. The highest BCUT2D eigenvalue weighted by atomic mass is 16.4. The molecular weight excluding hydrogens is 326 g/mol. The van der Waals surface area contributed by atoms with E-state index in [4.69, 9.17) is 4.42 Å². The molecule has 1 aromatic heterocycles. The molecule has 0 bridgehead atoms. The molecule has 1 saturated heterocycles. The first kappa shape index (κ1) is 16.9. The Balaban J connectivity index is 1.77. The third-order valence-corrected chi connectivity index (χ3v) is 5.12. The van der Waals surface area contributed by atoms with E-state index in [0.717, 1.165) is 29.6 Å². The SMILES string of the molecule is O=c1cc(CN2CCCCCC2)c2cc(O)c(-c3ccccc3)cc2o1. The molecule has 0 saturated carbocycles. The second kappa shape index (κ2) is 7.34. The Kier molecular flexibility index (Phi) is 4.76. The van der Waals surface area contributed by atoms with Crippen molar-refractivity contribution in [2.24, 2.45) is 0 Å². The molecule has 4 heteroatoms. The van der Waals surface area contributed by atoms with Crippen LogP contribution in [0.25, 0.3) is 22.1 Å². The van der Waals surface area contributed by atoms with Crippen LogP contribution in [-0.4, -0.2) is 23.1 Å². The van der Waals surface area contributed by atoms with E-state index in [2.05, 4.69) is 4.90 Å². The predicted molar refractivity (Wildman–Crippen MR) is 103 cm³/mol. The van der Waals surface area contributed by atoms with Gasteiger partial charge in [0.1, 0.15) is 11.3 Å². The molecular formula is C22H23NO3. The molecule has 0 spiro atoms. The van der Waals surface area contributed by atoms with Crippen LogP contribution in [0.1, 0.15) is 31.2 Å². The molecule has 1 aliphatic rings. The smallest absolute Gasteiger partial charge is 0.336 e. The fraction of sp³-hybridized carbons (Fsp3) is 0.318. The highest BCUT2D eigenvalue weighted by Crippen LogP contribution is 2.34. The lowest BCUT2D eigenvalue weighted by Crippen LogP contribution is -2.24. The largest absolute Gasteiger partial charge is 0.507 e. The van der Waals surface area contributed by atoms with E-state index in [9.17, 15) is 9.90 Å². The van der Waals surface area contributed by atoms with Crippen LogP contribution in [0.4, 0.5) is 0 Å². The number of aromatic hydroxyl groups is 1. The van der Waals surface area contributed by atoms with E-state index in [1.165, 1.54) is 25.7 Å². The summed E-state index contributed by atoms with van der Waals surface area (Å²) in [7, 11) is 0. The lowest BCUT2D eigenvalue weighted by atomic mass is 10.0. The Morgan fingerprint density at radius 3 is 2.42 bits per heavy atom. The number of hydrogen-bond acceptors (Lipinski definition) is 4. The van der Waals surface area contributed by atoms with Crippen molar-refractivity contribution >= 4 is 11.0 Å². The second-order valence-corrected chi connectivity index (χ2v) is 7.01. The summed E-state index contributed by atoms with van der Waals surface area (Å²) in [5.74, 6) is 0.203. The van der Waals surface area contributed by atoms with Gasteiger partial charge in [0, 0.05) is 23.6 Å². The van der Waals surface area contributed by atoms with Gasteiger partial charge in [0.2, 0.25) is 0 Å². The number of likely N-dealkylation sites (tertiary alicyclic amines) is 1. The number of fused-ring (bicyclic) bond motifs is 1. The zero-order chi connectivity index (χ0) is 17.9. The number of rotatable bonds is 3. The molecule has 2 aromatic carbocycles. The summed E-state index contributed by atoms with van der Waals surface area (Å²) in [6, 6.07) is 14.7. The van der Waals surface area contributed by atoms with Gasteiger partial charge in [-0.25, -0.2) is 4.79 Å². The summed E-state index contributed by atoms with van der Waals surface area (Å²) >= 11 is 0. The molecule has 0 radical (unpaired) electrons. The predicted octanol–water partition coefficient (Wildman–Crippen LogP) is 4.54. The van der Waals surface area contributed by atoms with Gasteiger partial charge in [-0.3, -0.25) is 4.90 Å². The van der Waals surface area contributed by atoms with E-state index < -0.39 is 0 Å². The van der Waals surface area contributed by atoms with Gasteiger partial charge < -0.3 is 9.52 Å². The zero-order valence-corrected chi connectivity index (χ0v) is 14.8. The molecule has 3 aromatic rings. The number of benzene rings is 2. The van der Waals surface area contributed by atoms with E-state index in [1.54, 1.807) is 18.2 Å². The Labute approximate surface area is 152 Å². The number of phenols is 1. The Bertz CT molecular complexity index is 954. The van der Waals surface area contributed by atoms with Crippen LogP contribution in [0.5, 0.6) is 5.75 Å². The summed E-state index contributed by atoms with van der Waals surface area (Å²) in [5, 5.41) is 11.4. The molecule has 1 N–H and O–H groups in total. The minimum Gasteiger partial charge on any atom is -0.507 e. The maximum Gasteiger partial charge on any atom is 0.336 e. The average molecular weight is 349 g/mol. The maximum atomic E-state index is 12.1. The van der Waals surface area contributed by atoms with Crippen molar-refractivity contribution in [3.8, 4) is 16.9 Å². The van der Waals surface area contributed by atoms with Crippen molar-refractivity contribution in [1.29, 1.82) is 0 Å². The summed E-state index contributed by atoms with van der Waals surface area (Å²) in [4.78, 5) is 14.5. The summed E-state index contributed by atoms with van der Waals surface area (Å²) in [5.41, 5.74) is 2.68. The van der Waals surface area contributed by atoms with Crippen LogP contribution in [0.15, 0.2) is 57.7 Å². The molecule has 0 amide bonds. The molecule has 1 aliphatic heterocycles. The van der Waals surface area contributed by atoms with Crippen molar-refractivity contribution in [1.82, 2.24) is 4.90 Å². The highest BCUT2D eigenvalue weighted by molar-refractivity contribution is 5.88. The topological polar surface area (TPSA) is 53.7 Å². The van der Waals surface area contributed by atoms with Gasteiger partial charge in [0.15, 0.2) is 0 Å². The summed E-state index contributed by atoms with van der Waals surface area (Å²) < 4.78 is 5.45. The molecule has 0 unspecified atom stereocenters. The molecule has 4 rings (SSSR count). The number of hydrogen-bond donors (Lipinski definition) is 1. The Morgan fingerprint density at radius 2 is 1.69 bits per heavy atom. The number of phenolic OH excluding ortho intramolecular Hbond substituents is 1. The first-order valence-corrected chi connectivity index (χ1v) is 9.28. The third kappa shape index (κ3) is 3.51. The Morgan fingerprint density at radius 1 is 0.962 bits per heavy atom. The van der Waals surface area contributed by atoms with Crippen LogP contribution in [0, 0.1) is 0 Å². The molecule has 2 heterocycles. The number of nitrogens with zero attached hydrogens (tertiary/aromatic N) is 1. The summed E-state index contributed by atoms with van der Waals surface area (Å²) in [6.07, 6.45) is 4.94. The van der Waals surface area contributed by atoms with Crippen LogP contribution in [0.3, 0.4) is 0 Å². The first-order valence-electron chi connectivity index (χ1n) is 9.28. The van der Waals surface area contributed by atoms with Crippen molar-refractivity contribution in [2.45, 2.75) is 32.2 Å². The van der Waals surface area contributed by atoms with Gasteiger partial charge in [-0.1, -0.05) is 43.2 Å². The molecule has 26 heavy (non-hydrogen) atoms. The highest BCUT2D eigenvalue weighted by Gasteiger charge is 2.15. The third-order valence-electron chi connectivity index (χ3n) is 5.12. The molecule has 4 nitrogen and oxygen atoms in total. The zero-order valence-electron chi connectivity index (χ0n) is 14.8. The molecule has 1 fully saturated rings. The summed E-state index contributed by atoms with van der Waals surface area (Å²) in [6.45, 7) is 2.82. The van der Waals surface area contributed by atoms with Gasteiger partial charge in [0.25, 0.3) is 0 Å². The van der Waals surface area contributed by atoms with Crippen molar-refractivity contribution in [3.63, 3.8) is 0 Å². The molecule has 0 aliphatic carbocycles. The normalized spacial score (nSPS) is 15.8. The quantitative estimate of drug-likeness (QED) is 0.705. The van der Waals surface area contributed by atoms with Gasteiger partial charge in [-0.15, -0.1) is 0 Å². The second-order valence-electron chi connectivity index (χ2n) is 7.01. The van der Waals surface area contributed by atoms with Crippen molar-refractivity contribution < 1.29 is 9.52 Å². The maximum absolute atomic E-state index is 12.1. The fourth-order valence-electron chi connectivity index (χ4n) is 3.78. The standard InChI is InChI=1S/C22H23NO3/c24-20-13-19-17(15-23-10-6-1-2-7-11-23)12-22(25)26-21(19)14-18(20)16-8-4-3-5-9-16/h3-5,8-9,12-14,24H,1-2,6-7,10-11,15H2. The lowest BCUT2D eigenvalue weighted by molar-refractivity contribution is 0.277. The van der Waals surface area contributed by atoms with Crippen LogP contribution < -0.4 is 5.63 Å². The van der Waals surface area contributed by atoms with Gasteiger partial charge in [-0.05, 0) is 49.2 Å². The first-order chi connectivity index (χ1) is 12.7. The van der Waals surface area contributed by atoms with Crippen molar-refractivity contribution in [3.05, 3.63) is 64.5 Å². The average Bonchev–Trinajstić information content (AvgIpc) is 2.91. The van der Waals surface area contributed by atoms with Crippen LogP contribution in [-0.2, 0) is 6.54 Å².